The van der Waals surface area contributed by atoms with Crippen molar-refractivity contribution in [1.82, 2.24) is 5.32 Å². The minimum atomic E-state index is -3.98. The standard InChI is InChI=1S/C12H12BrCl2NO3S/c13-11-9(14)4-8(5-10(11)20(15,18)19)12(17)16-6-7-2-1-3-7/h4-5,7H,1-3,6H2,(H,16,17). The van der Waals surface area contributed by atoms with E-state index in [4.69, 9.17) is 22.3 Å². The predicted molar refractivity (Wildman–Crippen MR) is 81.9 cm³/mol. The third kappa shape index (κ3) is 3.67. The Morgan fingerprint density at radius 1 is 1.40 bits per heavy atom. The number of hydrogen-bond acceptors (Lipinski definition) is 3. The van der Waals surface area contributed by atoms with Crippen LogP contribution in [0.4, 0.5) is 0 Å². The molecule has 1 N–H and O–H groups in total. The fraction of sp³-hybridized carbons (Fsp3) is 0.417. The summed E-state index contributed by atoms with van der Waals surface area (Å²) in [6.07, 6.45) is 3.42. The number of rotatable bonds is 4. The quantitative estimate of drug-likeness (QED) is 0.786. The van der Waals surface area contributed by atoms with Crippen molar-refractivity contribution >= 4 is 53.2 Å². The van der Waals surface area contributed by atoms with Crippen LogP contribution in [0.5, 0.6) is 0 Å². The van der Waals surface area contributed by atoms with Gasteiger partial charge in [-0.15, -0.1) is 0 Å². The number of carbonyl (C=O) groups is 1. The van der Waals surface area contributed by atoms with Gasteiger partial charge in [-0.3, -0.25) is 4.79 Å². The van der Waals surface area contributed by atoms with Crippen molar-refractivity contribution in [3.05, 3.63) is 27.2 Å². The Morgan fingerprint density at radius 3 is 2.55 bits per heavy atom. The minimum Gasteiger partial charge on any atom is -0.352 e. The normalized spacial score (nSPS) is 15.8. The topological polar surface area (TPSA) is 63.2 Å². The first-order chi connectivity index (χ1) is 9.29. The number of benzene rings is 1. The molecule has 0 aromatic heterocycles. The molecule has 0 saturated heterocycles. The number of amides is 1. The Hall–Kier alpha value is -0.300. The van der Waals surface area contributed by atoms with Gasteiger partial charge in [0, 0.05) is 22.8 Å². The molecule has 8 heteroatoms. The summed E-state index contributed by atoms with van der Waals surface area (Å²) >= 11 is 8.97. The van der Waals surface area contributed by atoms with Gasteiger partial charge in [-0.25, -0.2) is 8.42 Å². The monoisotopic (exact) mass is 399 g/mol. The Kier molecular flexibility index (Phi) is 5.00. The lowest BCUT2D eigenvalue weighted by molar-refractivity contribution is 0.0939. The second-order valence-electron chi connectivity index (χ2n) is 4.71. The number of hydrogen-bond donors (Lipinski definition) is 1. The highest BCUT2D eigenvalue weighted by atomic mass is 79.9. The summed E-state index contributed by atoms with van der Waals surface area (Å²) in [5.74, 6) is 0.161. The van der Waals surface area contributed by atoms with Crippen LogP contribution in [-0.2, 0) is 9.05 Å². The maximum Gasteiger partial charge on any atom is 0.262 e. The van der Waals surface area contributed by atoms with E-state index in [1.54, 1.807) is 0 Å². The van der Waals surface area contributed by atoms with Gasteiger partial charge in [0.25, 0.3) is 15.0 Å². The van der Waals surface area contributed by atoms with E-state index < -0.39 is 9.05 Å². The molecule has 0 aliphatic heterocycles. The van der Waals surface area contributed by atoms with Crippen molar-refractivity contribution in [1.29, 1.82) is 0 Å². The van der Waals surface area contributed by atoms with Crippen LogP contribution in [0.3, 0.4) is 0 Å². The third-order valence-electron chi connectivity index (χ3n) is 3.30. The van der Waals surface area contributed by atoms with Crippen molar-refractivity contribution in [2.45, 2.75) is 24.2 Å². The highest BCUT2D eigenvalue weighted by Crippen LogP contribution is 2.33. The predicted octanol–water partition coefficient (Wildman–Crippen LogP) is 3.56. The zero-order valence-electron chi connectivity index (χ0n) is 10.3. The average molecular weight is 401 g/mol. The average Bonchev–Trinajstić information content (AvgIpc) is 2.28. The maximum absolute atomic E-state index is 12.0. The van der Waals surface area contributed by atoms with E-state index in [1.807, 2.05) is 0 Å². The van der Waals surface area contributed by atoms with Crippen LogP contribution >= 0.6 is 38.2 Å². The fourth-order valence-electron chi connectivity index (χ4n) is 1.91. The number of nitrogens with one attached hydrogen (secondary N) is 1. The molecule has 110 valence electrons. The van der Waals surface area contributed by atoms with Crippen molar-refractivity contribution in [3.63, 3.8) is 0 Å². The van der Waals surface area contributed by atoms with Gasteiger partial charge in [-0.05, 0) is 46.8 Å². The van der Waals surface area contributed by atoms with Gasteiger partial charge in [-0.2, -0.15) is 0 Å². The molecule has 1 aliphatic carbocycles. The van der Waals surface area contributed by atoms with E-state index in [-0.39, 0.29) is 25.9 Å². The van der Waals surface area contributed by atoms with Gasteiger partial charge in [0.2, 0.25) is 0 Å². The van der Waals surface area contributed by atoms with E-state index in [1.165, 1.54) is 18.6 Å². The largest absolute Gasteiger partial charge is 0.352 e. The van der Waals surface area contributed by atoms with Crippen LogP contribution in [0.15, 0.2) is 21.5 Å². The van der Waals surface area contributed by atoms with Crippen molar-refractivity contribution < 1.29 is 13.2 Å². The second-order valence-corrected chi connectivity index (χ2v) is 8.45. The van der Waals surface area contributed by atoms with Gasteiger partial charge in [0.15, 0.2) is 0 Å². The van der Waals surface area contributed by atoms with Gasteiger partial charge in [0.05, 0.1) is 14.4 Å². The fourth-order valence-corrected chi connectivity index (χ4v) is 4.29. The van der Waals surface area contributed by atoms with Crippen LogP contribution in [-0.4, -0.2) is 20.9 Å². The molecular formula is C12H12BrCl2NO3S. The Bertz CT molecular complexity index is 644. The van der Waals surface area contributed by atoms with Crippen LogP contribution in [0.1, 0.15) is 29.6 Å². The van der Waals surface area contributed by atoms with Crippen molar-refractivity contribution in [2.24, 2.45) is 5.92 Å². The van der Waals surface area contributed by atoms with E-state index >= 15 is 0 Å². The maximum atomic E-state index is 12.0. The molecule has 1 aromatic carbocycles. The lowest BCUT2D eigenvalue weighted by Crippen LogP contribution is -2.32. The summed E-state index contributed by atoms with van der Waals surface area (Å²) in [5, 5.41) is 2.90. The lowest BCUT2D eigenvalue weighted by atomic mass is 9.85. The molecule has 0 spiro atoms. The van der Waals surface area contributed by atoms with E-state index in [0.29, 0.717) is 12.5 Å². The van der Waals surface area contributed by atoms with Gasteiger partial charge >= 0.3 is 0 Å². The molecule has 0 atom stereocenters. The highest BCUT2D eigenvalue weighted by molar-refractivity contribution is 9.10. The Balaban J connectivity index is 2.23. The summed E-state index contributed by atoms with van der Waals surface area (Å²) in [6.45, 7) is 0.593. The van der Waals surface area contributed by atoms with Crippen molar-refractivity contribution in [2.75, 3.05) is 6.54 Å². The molecule has 0 radical (unpaired) electrons. The van der Waals surface area contributed by atoms with Crippen molar-refractivity contribution in [3.8, 4) is 0 Å². The zero-order valence-corrected chi connectivity index (χ0v) is 14.2. The first-order valence-electron chi connectivity index (χ1n) is 6.01. The molecule has 0 unspecified atom stereocenters. The summed E-state index contributed by atoms with van der Waals surface area (Å²) < 4.78 is 23.1. The number of carbonyl (C=O) groups excluding carboxylic acids is 1. The molecule has 1 aromatic rings. The molecule has 1 saturated carbocycles. The second kappa shape index (κ2) is 6.22. The molecule has 0 heterocycles. The van der Waals surface area contributed by atoms with Crippen LogP contribution in [0.25, 0.3) is 0 Å². The third-order valence-corrected chi connectivity index (χ3v) is 6.28. The van der Waals surface area contributed by atoms with E-state index in [2.05, 4.69) is 21.2 Å². The van der Waals surface area contributed by atoms with E-state index in [9.17, 15) is 13.2 Å². The molecule has 1 amide bonds. The van der Waals surface area contributed by atoms with Gasteiger partial charge < -0.3 is 5.32 Å². The Labute approximate surface area is 135 Å². The smallest absolute Gasteiger partial charge is 0.262 e. The lowest BCUT2D eigenvalue weighted by Gasteiger charge is -2.25. The van der Waals surface area contributed by atoms with Crippen LogP contribution in [0, 0.1) is 5.92 Å². The zero-order chi connectivity index (χ0) is 14.9. The van der Waals surface area contributed by atoms with Crippen LogP contribution < -0.4 is 5.32 Å². The number of halogens is 3. The molecule has 1 fully saturated rings. The van der Waals surface area contributed by atoms with Gasteiger partial charge in [-0.1, -0.05) is 18.0 Å². The molecule has 2 rings (SSSR count). The molecule has 20 heavy (non-hydrogen) atoms. The molecule has 1 aliphatic rings. The summed E-state index contributed by atoms with van der Waals surface area (Å²) in [7, 11) is 1.35. The summed E-state index contributed by atoms with van der Waals surface area (Å²) in [5.41, 5.74) is 0.178. The Morgan fingerprint density at radius 2 is 2.05 bits per heavy atom. The van der Waals surface area contributed by atoms with Gasteiger partial charge in [0.1, 0.15) is 0 Å². The summed E-state index contributed by atoms with van der Waals surface area (Å²) in [4.78, 5) is 11.8. The summed E-state index contributed by atoms with van der Waals surface area (Å²) in [6, 6.07) is 2.63. The molecule has 4 nitrogen and oxygen atoms in total. The first-order valence-corrected chi connectivity index (χ1v) is 9.49. The van der Waals surface area contributed by atoms with Crippen LogP contribution in [0.2, 0.25) is 5.02 Å². The molecule has 0 bridgehead atoms. The first kappa shape index (κ1) is 16.1. The minimum absolute atomic E-state index is 0.125. The molecular weight excluding hydrogens is 389 g/mol. The van der Waals surface area contributed by atoms with E-state index in [0.717, 1.165) is 12.8 Å². The highest BCUT2D eigenvalue weighted by Gasteiger charge is 2.22. The SMILES string of the molecule is O=C(NCC1CCC1)c1cc(Cl)c(Br)c(S(=O)(=O)Cl)c1.